The minimum absolute atomic E-state index is 0.0349. The lowest BCUT2D eigenvalue weighted by molar-refractivity contribution is 0.00346. The van der Waals surface area contributed by atoms with Gasteiger partial charge in [-0.05, 0) is 107 Å². The van der Waals surface area contributed by atoms with Crippen LogP contribution in [-0.4, -0.2) is 35.7 Å². The molecule has 4 rings (SSSR count). The lowest BCUT2D eigenvalue weighted by Gasteiger charge is -2.39. The maximum atomic E-state index is 5.74. The van der Waals surface area contributed by atoms with Gasteiger partial charge in [-0.25, -0.2) is 0 Å². The zero-order valence-corrected chi connectivity index (χ0v) is 20.9. The molecular formula is C27H40N2OS. The van der Waals surface area contributed by atoms with Crippen LogP contribution in [-0.2, 0) is 16.7 Å². The number of likely N-dealkylation sites (tertiary alicyclic amines) is 1. The van der Waals surface area contributed by atoms with Crippen LogP contribution in [0.15, 0.2) is 35.8 Å². The standard InChI is InChI=1S/C27H40N2OS/c1-21(10-12-25(3,4)30-5)26(13-11-24-7-6-18-31-24)16-17-29(20-26)27(14-15-27)23-9-8-22(2)28-19-23/h6-9,18-19,21H,10-17,20H2,1-5H3/t21?,26-/m1/s1. The van der Waals surface area contributed by atoms with Crippen LogP contribution < -0.4 is 0 Å². The highest BCUT2D eigenvalue weighted by Gasteiger charge is 2.55. The summed E-state index contributed by atoms with van der Waals surface area (Å²) in [6.07, 6.45) is 10.9. The maximum absolute atomic E-state index is 5.74. The average molecular weight is 441 g/mol. The SMILES string of the molecule is COC(C)(C)CCC(C)[C@]1(CCc2cccs2)CCN(C2(c3ccc(C)nc3)CC2)C1. The minimum Gasteiger partial charge on any atom is -0.379 e. The lowest BCUT2D eigenvalue weighted by atomic mass is 9.69. The van der Waals surface area contributed by atoms with Gasteiger partial charge in [0, 0.05) is 36.0 Å². The first-order chi connectivity index (χ1) is 14.8. The third kappa shape index (κ3) is 4.91. The van der Waals surface area contributed by atoms with Gasteiger partial charge in [-0.15, -0.1) is 11.3 Å². The quantitative estimate of drug-likeness (QED) is 0.416. The molecule has 2 aromatic heterocycles. The zero-order chi connectivity index (χ0) is 22.1. The molecule has 2 aliphatic rings. The lowest BCUT2D eigenvalue weighted by Crippen LogP contribution is -2.39. The van der Waals surface area contributed by atoms with Gasteiger partial charge in [-0.3, -0.25) is 9.88 Å². The normalized spacial score (nSPS) is 24.4. The van der Waals surface area contributed by atoms with E-state index in [9.17, 15) is 0 Å². The van der Waals surface area contributed by atoms with Crippen molar-refractivity contribution in [2.75, 3.05) is 20.2 Å². The molecule has 1 aliphatic heterocycles. The molecule has 0 N–H and O–H groups in total. The second-order valence-corrected chi connectivity index (χ2v) is 11.8. The van der Waals surface area contributed by atoms with Crippen molar-refractivity contribution in [3.05, 3.63) is 52.0 Å². The Labute approximate surface area is 193 Å². The van der Waals surface area contributed by atoms with Crippen molar-refractivity contribution in [2.45, 2.75) is 83.8 Å². The molecule has 0 bridgehead atoms. The molecule has 1 aliphatic carbocycles. The Morgan fingerprint density at radius 3 is 2.65 bits per heavy atom. The van der Waals surface area contributed by atoms with Crippen molar-refractivity contribution >= 4 is 11.3 Å². The van der Waals surface area contributed by atoms with E-state index in [1.807, 2.05) is 18.4 Å². The van der Waals surface area contributed by atoms with E-state index in [0.717, 1.165) is 12.1 Å². The predicted octanol–water partition coefficient (Wildman–Crippen LogP) is 6.61. The van der Waals surface area contributed by atoms with E-state index in [2.05, 4.69) is 73.4 Å². The topological polar surface area (TPSA) is 25.4 Å². The van der Waals surface area contributed by atoms with Crippen molar-refractivity contribution in [3.8, 4) is 0 Å². The van der Waals surface area contributed by atoms with Gasteiger partial charge in [0.25, 0.3) is 0 Å². The number of hydrogen-bond donors (Lipinski definition) is 0. The first-order valence-corrected chi connectivity index (χ1v) is 12.9. The van der Waals surface area contributed by atoms with Gasteiger partial charge < -0.3 is 4.74 Å². The highest BCUT2D eigenvalue weighted by Crippen LogP contribution is 2.56. The number of methoxy groups -OCH3 is 1. The van der Waals surface area contributed by atoms with Crippen molar-refractivity contribution in [1.29, 1.82) is 0 Å². The second-order valence-electron chi connectivity index (χ2n) is 10.7. The molecule has 2 aromatic rings. The summed E-state index contributed by atoms with van der Waals surface area (Å²) in [4.78, 5) is 8.98. The van der Waals surface area contributed by atoms with E-state index in [-0.39, 0.29) is 11.1 Å². The van der Waals surface area contributed by atoms with Crippen LogP contribution in [0.4, 0.5) is 0 Å². The van der Waals surface area contributed by atoms with Crippen LogP contribution in [0.25, 0.3) is 0 Å². The van der Waals surface area contributed by atoms with E-state index in [0.29, 0.717) is 11.3 Å². The van der Waals surface area contributed by atoms with E-state index < -0.39 is 0 Å². The van der Waals surface area contributed by atoms with Gasteiger partial charge in [0.15, 0.2) is 0 Å². The summed E-state index contributed by atoms with van der Waals surface area (Å²) in [7, 11) is 1.85. The first-order valence-electron chi connectivity index (χ1n) is 12.0. The largest absolute Gasteiger partial charge is 0.379 e. The van der Waals surface area contributed by atoms with Crippen LogP contribution >= 0.6 is 11.3 Å². The molecule has 0 spiro atoms. The second kappa shape index (κ2) is 8.96. The number of nitrogens with zero attached hydrogens (tertiary/aromatic N) is 2. The highest BCUT2D eigenvalue weighted by molar-refractivity contribution is 7.09. The van der Waals surface area contributed by atoms with E-state index in [1.54, 1.807) is 0 Å². The van der Waals surface area contributed by atoms with Crippen LogP contribution in [0.5, 0.6) is 0 Å². The Hall–Kier alpha value is -1.23. The Balaban J connectivity index is 1.51. The van der Waals surface area contributed by atoms with Crippen LogP contribution in [0.2, 0.25) is 0 Å². The van der Waals surface area contributed by atoms with Crippen LogP contribution in [0.3, 0.4) is 0 Å². The molecule has 31 heavy (non-hydrogen) atoms. The number of aromatic nitrogens is 1. The number of aryl methyl sites for hydroxylation is 2. The van der Waals surface area contributed by atoms with Gasteiger partial charge in [0.2, 0.25) is 0 Å². The Bertz CT molecular complexity index is 841. The average Bonchev–Trinajstić information content (AvgIpc) is 3.19. The Morgan fingerprint density at radius 1 is 1.23 bits per heavy atom. The molecule has 0 amide bonds. The zero-order valence-electron chi connectivity index (χ0n) is 20.1. The summed E-state index contributed by atoms with van der Waals surface area (Å²) in [5.41, 5.74) is 3.14. The summed E-state index contributed by atoms with van der Waals surface area (Å²) >= 11 is 1.91. The molecular weight excluding hydrogens is 400 g/mol. The molecule has 3 nitrogen and oxygen atoms in total. The van der Waals surface area contributed by atoms with Crippen molar-refractivity contribution in [1.82, 2.24) is 9.88 Å². The fourth-order valence-electron chi connectivity index (χ4n) is 5.56. The highest BCUT2D eigenvalue weighted by atomic mass is 32.1. The third-order valence-corrected chi connectivity index (χ3v) is 9.33. The predicted molar refractivity (Wildman–Crippen MR) is 131 cm³/mol. The summed E-state index contributed by atoms with van der Waals surface area (Å²) in [6.45, 7) is 11.5. The molecule has 170 valence electrons. The van der Waals surface area contributed by atoms with Crippen molar-refractivity contribution < 1.29 is 4.74 Å². The van der Waals surface area contributed by atoms with E-state index in [4.69, 9.17) is 4.74 Å². The molecule has 0 radical (unpaired) electrons. The van der Waals surface area contributed by atoms with E-state index in [1.165, 1.54) is 62.1 Å². The number of thiophene rings is 1. The molecule has 4 heteroatoms. The third-order valence-electron chi connectivity index (χ3n) is 8.39. The fourth-order valence-corrected chi connectivity index (χ4v) is 6.27. The van der Waals surface area contributed by atoms with Gasteiger partial charge in [0.1, 0.15) is 0 Å². The summed E-state index contributed by atoms with van der Waals surface area (Å²) in [6, 6.07) is 9.02. The van der Waals surface area contributed by atoms with Gasteiger partial charge in [-0.1, -0.05) is 19.1 Å². The first kappa shape index (κ1) is 22.9. The van der Waals surface area contributed by atoms with Crippen molar-refractivity contribution in [3.63, 3.8) is 0 Å². The fraction of sp³-hybridized carbons (Fsp3) is 0.667. The van der Waals surface area contributed by atoms with Gasteiger partial charge >= 0.3 is 0 Å². The number of rotatable bonds is 10. The monoisotopic (exact) mass is 440 g/mol. The van der Waals surface area contributed by atoms with Gasteiger partial charge in [-0.2, -0.15) is 0 Å². The van der Waals surface area contributed by atoms with Crippen LogP contribution in [0, 0.1) is 18.3 Å². The summed E-state index contributed by atoms with van der Waals surface area (Å²) < 4.78 is 5.74. The van der Waals surface area contributed by atoms with Crippen molar-refractivity contribution in [2.24, 2.45) is 11.3 Å². The molecule has 1 saturated carbocycles. The smallest absolute Gasteiger partial charge is 0.0622 e. The molecule has 1 unspecified atom stereocenters. The summed E-state index contributed by atoms with van der Waals surface area (Å²) in [5, 5.41) is 2.22. The molecule has 0 aromatic carbocycles. The van der Waals surface area contributed by atoms with Gasteiger partial charge in [0.05, 0.1) is 5.60 Å². The number of pyridine rings is 1. The molecule has 3 heterocycles. The summed E-state index contributed by atoms with van der Waals surface area (Å²) in [5.74, 6) is 0.693. The van der Waals surface area contributed by atoms with Crippen LogP contribution in [0.1, 0.15) is 75.4 Å². The number of ether oxygens (including phenoxy) is 1. The Morgan fingerprint density at radius 2 is 2.03 bits per heavy atom. The number of hydrogen-bond acceptors (Lipinski definition) is 4. The molecule has 2 fully saturated rings. The Kier molecular flexibility index (Phi) is 6.63. The van der Waals surface area contributed by atoms with E-state index >= 15 is 0 Å². The molecule has 1 saturated heterocycles. The molecule has 2 atom stereocenters. The minimum atomic E-state index is -0.0349. The maximum Gasteiger partial charge on any atom is 0.0622 e.